The first-order chi connectivity index (χ1) is 10.4. The second kappa shape index (κ2) is 6.00. The van der Waals surface area contributed by atoms with Crippen LogP contribution in [0, 0.1) is 13.8 Å². The van der Waals surface area contributed by atoms with E-state index in [2.05, 4.69) is 15.5 Å². The zero-order chi connectivity index (χ0) is 16.4. The standard InChI is InChI=1S/C14H19N5O3/c1-6-19-10(7-8(2)16-19)13(20)15-11-9(3)18(4)17-12(11)14(21)22-5/h7H,6H2,1-5H3,(H,15,20). The molecular weight excluding hydrogens is 286 g/mol. The number of anilines is 1. The number of esters is 1. The van der Waals surface area contributed by atoms with Crippen molar-refractivity contribution in [2.45, 2.75) is 27.3 Å². The van der Waals surface area contributed by atoms with Crippen LogP contribution in [0.25, 0.3) is 0 Å². The number of carbonyl (C=O) groups excluding carboxylic acids is 2. The summed E-state index contributed by atoms with van der Waals surface area (Å²) in [5, 5.41) is 11.1. The first-order valence-electron chi connectivity index (χ1n) is 6.86. The molecule has 0 saturated carbocycles. The molecule has 0 unspecified atom stereocenters. The summed E-state index contributed by atoms with van der Waals surface area (Å²) in [5.41, 5.74) is 2.27. The summed E-state index contributed by atoms with van der Waals surface area (Å²) in [6.07, 6.45) is 0. The highest BCUT2D eigenvalue weighted by atomic mass is 16.5. The van der Waals surface area contributed by atoms with Gasteiger partial charge in [0.15, 0.2) is 5.69 Å². The first-order valence-corrected chi connectivity index (χ1v) is 6.86. The lowest BCUT2D eigenvalue weighted by molar-refractivity contribution is 0.0594. The van der Waals surface area contributed by atoms with Crippen LogP contribution in [0.1, 0.15) is 39.3 Å². The highest BCUT2D eigenvalue weighted by molar-refractivity contribution is 6.07. The lowest BCUT2D eigenvalue weighted by atomic mass is 10.2. The Morgan fingerprint density at radius 3 is 2.59 bits per heavy atom. The maximum absolute atomic E-state index is 12.5. The number of hydrogen-bond donors (Lipinski definition) is 1. The van der Waals surface area contributed by atoms with Crippen LogP contribution in [0.5, 0.6) is 0 Å². The Morgan fingerprint density at radius 2 is 2.00 bits per heavy atom. The van der Waals surface area contributed by atoms with Crippen molar-refractivity contribution in [3.8, 4) is 0 Å². The smallest absolute Gasteiger partial charge is 0.360 e. The second-order valence-electron chi connectivity index (χ2n) is 4.87. The van der Waals surface area contributed by atoms with E-state index >= 15 is 0 Å². The summed E-state index contributed by atoms with van der Waals surface area (Å²) in [4.78, 5) is 24.2. The van der Waals surface area contributed by atoms with Gasteiger partial charge < -0.3 is 10.1 Å². The molecule has 0 bridgehead atoms. The third-order valence-electron chi connectivity index (χ3n) is 3.39. The van der Waals surface area contributed by atoms with Gasteiger partial charge in [-0.3, -0.25) is 14.2 Å². The number of hydrogen-bond acceptors (Lipinski definition) is 5. The molecule has 2 aromatic rings. The maximum atomic E-state index is 12.5. The number of methoxy groups -OCH3 is 1. The Hall–Kier alpha value is -2.64. The molecule has 118 valence electrons. The van der Waals surface area contributed by atoms with Crippen LogP contribution in [0.3, 0.4) is 0 Å². The molecule has 0 saturated heterocycles. The molecule has 22 heavy (non-hydrogen) atoms. The van der Waals surface area contributed by atoms with Crippen molar-refractivity contribution in [1.82, 2.24) is 19.6 Å². The first kappa shape index (κ1) is 15.7. The van der Waals surface area contributed by atoms with E-state index < -0.39 is 5.97 Å². The quantitative estimate of drug-likeness (QED) is 0.860. The number of nitrogens with zero attached hydrogens (tertiary/aromatic N) is 4. The highest BCUT2D eigenvalue weighted by Crippen LogP contribution is 2.21. The van der Waals surface area contributed by atoms with Gasteiger partial charge in [0.1, 0.15) is 5.69 Å². The zero-order valence-electron chi connectivity index (χ0n) is 13.3. The van der Waals surface area contributed by atoms with Crippen LogP contribution in [-0.4, -0.2) is 38.5 Å². The molecule has 0 atom stereocenters. The minimum absolute atomic E-state index is 0.0788. The normalized spacial score (nSPS) is 10.6. The van der Waals surface area contributed by atoms with Crippen molar-refractivity contribution >= 4 is 17.6 Å². The Bertz CT molecular complexity index is 729. The van der Waals surface area contributed by atoms with E-state index in [1.54, 1.807) is 24.7 Å². The summed E-state index contributed by atoms with van der Waals surface area (Å²) in [6, 6.07) is 1.70. The van der Waals surface area contributed by atoms with E-state index in [9.17, 15) is 9.59 Å². The van der Waals surface area contributed by atoms with E-state index in [-0.39, 0.29) is 11.6 Å². The molecule has 1 amide bonds. The minimum atomic E-state index is -0.598. The van der Waals surface area contributed by atoms with Gasteiger partial charge in [0.25, 0.3) is 5.91 Å². The van der Waals surface area contributed by atoms with Crippen molar-refractivity contribution in [3.05, 3.63) is 28.8 Å². The Kier molecular flexibility index (Phi) is 4.30. The van der Waals surface area contributed by atoms with Crippen LogP contribution in [0.15, 0.2) is 6.07 Å². The van der Waals surface area contributed by atoms with Gasteiger partial charge in [-0.1, -0.05) is 0 Å². The summed E-state index contributed by atoms with van der Waals surface area (Å²) in [7, 11) is 2.96. The van der Waals surface area contributed by atoms with Crippen molar-refractivity contribution in [3.63, 3.8) is 0 Å². The predicted molar refractivity (Wildman–Crippen MR) is 79.9 cm³/mol. The van der Waals surface area contributed by atoms with Crippen LogP contribution in [-0.2, 0) is 18.3 Å². The van der Waals surface area contributed by atoms with Gasteiger partial charge in [0, 0.05) is 13.6 Å². The number of nitrogens with one attached hydrogen (secondary N) is 1. The maximum Gasteiger partial charge on any atom is 0.360 e. The number of carbonyl (C=O) groups is 2. The summed E-state index contributed by atoms with van der Waals surface area (Å²) in [6.45, 7) is 6.06. The van der Waals surface area contributed by atoms with Crippen molar-refractivity contribution in [1.29, 1.82) is 0 Å². The number of amides is 1. The molecule has 0 aliphatic heterocycles. The average Bonchev–Trinajstić information content (AvgIpc) is 3.01. The Labute approximate surface area is 128 Å². The molecule has 0 aromatic carbocycles. The molecule has 8 heteroatoms. The lowest BCUT2D eigenvalue weighted by Crippen LogP contribution is -2.19. The zero-order valence-corrected chi connectivity index (χ0v) is 13.3. The fourth-order valence-electron chi connectivity index (χ4n) is 2.14. The van der Waals surface area contributed by atoms with Crippen LogP contribution in [0.2, 0.25) is 0 Å². The summed E-state index contributed by atoms with van der Waals surface area (Å²) in [5.74, 6) is -0.942. The fourth-order valence-corrected chi connectivity index (χ4v) is 2.14. The van der Waals surface area contributed by atoms with Gasteiger partial charge in [-0.2, -0.15) is 10.2 Å². The third-order valence-corrected chi connectivity index (χ3v) is 3.39. The lowest BCUT2D eigenvalue weighted by Gasteiger charge is -2.07. The summed E-state index contributed by atoms with van der Waals surface area (Å²) >= 11 is 0. The average molecular weight is 305 g/mol. The number of ether oxygens (including phenoxy) is 1. The summed E-state index contributed by atoms with van der Waals surface area (Å²) < 4.78 is 7.82. The van der Waals surface area contributed by atoms with Crippen LogP contribution < -0.4 is 5.32 Å². The third kappa shape index (κ3) is 2.72. The van der Waals surface area contributed by atoms with Crippen molar-refractivity contribution in [2.24, 2.45) is 7.05 Å². The number of rotatable bonds is 4. The molecule has 0 radical (unpaired) electrons. The molecule has 2 rings (SSSR count). The molecule has 8 nitrogen and oxygen atoms in total. The Morgan fingerprint density at radius 1 is 1.32 bits per heavy atom. The van der Waals surface area contributed by atoms with Crippen LogP contribution >= 0.6 is 0 Å². The second-order valence-corrected chi connectivity index (χ2v) is 4.87. The van der Waals surface area contributed by atoms with Crippen molar-refractivity contribution in [2.75, 3.05) is 12.4 Å². The molecule has 1 N–H and O–H groups in total. The van der Waals surface area contributed by atoms with Crippen molar-refractivity contribution < 1.29 is 14.3 Å². The Balaban J connectivity index is 2.38. The SMILES string of the molecule is CCn1nc(C)cc1C(=O)Nc1c(C(=O)OC)nn(C)c1C. The predicted octanol–water partition coefficient (Wildman–Crippen LogP) is 1.29. The monoisotopic (exact) mass is 305 g/mol. The molecule has 2 heterocycles. The van der Waals surface area contributed by atoms with Gasteiger partial charge in [-0.05, 0) is 26.8 Å². The molecule has 0 fully saturated rings. The van der Waals surface area contributed by atoms with E-state index in [0.717, 1.165) is 5.69 Å². The molecule has 0 spiro atoms. The van der Waals surface area contributed by atoms with Gasteiger partial charge in [-0.15, -0.1) is 0 Å². The molecule has 0 aliphatic rings. The van der Waals surface area contributed by atoms with Gasteiger partial charge in [0.05, 0.1) is 24.2 Å². The van der Waals surface area contributed by atoms with Gasteiger partial charge in [0.2, 0.25) is 0 Å². The molecule has 0 aliphatic carbocycles. The minimum Gasteiger partial charge on any atom is -0.464 e. The topological polar surface area (TPSA) is 91.0 Å². The number of aromatic nitrogens is 4. The van der Waals surface area contributed by atoms with Crippen LogP contribution in [0.4, 0.5) is 5.69 Å². The molecule has 2 aromatic heterocycles. The van der Waals surface area contributed by atoms with Gasteiger partial charge >= 0.3 is 5.97 Å². The van der Waals surface area contributed by atoms with E-state index in [0.29, 0.717) is 23.6 Å². The fraction of sp³-hybridized carbons (Fsp3) is 0.429. The highest BCUT2D eigenvalue weighted by Gasteiger charge is 2.23. The van der Waals surface area contributed by atoms with E-state index in [1.807, 2.05) is 13.8 Å². The van der Waals surface area contributed by atoms with E-state index in [4.69, 9.17) is 4.74 Å². The van der Waals surface area contributed by atoms with Gasteiger partial charge in [-0.25, -0.2) is 4.79 Å². The molecular formula is C14H19N5O3. The largest absolute Gasteiger partial charge is 0.464 e. The number of aryl methyl sites for hydroxylation is 3. The van der Waals surface area contributed by atoms with E-state index in [1.165, 1.54) is 11.8 Å².